The van der Waals surface area contributed by atoms with Gasteiger partial charge >= 0.3 is 0 Å². The maximum Gasteiger partial charge on any atom is 0.272 e. The lowest BCUT2D eigenvalue weighted by molar-refractivity contribution is -0.134. The van der Waals surface area contributed by atoms with Crippen molar-refractivity contribution in [2.24, 2.45) is 0 Å². The van der Waals surface area contributed by atoms with Gasteiger partial charge in [0.2, 0.25) is 0 Å². The number of carbonyl (C=O) groups excluding carboxylic acids is 2. The van der Waals surface area contributed by atoms with Crippen LogP contribution in [0.25, 0.3) is 16.5 Å². The quantitative estimate of drug-likeness (QED) is 0.427. The van der Waals surface area contributed by atoms with Gasteiger partial charge in [-0.25, -0.2) is 0 Å². The van der Waals surface area contributed by atoms with Crippen molar-refractivity contribution < 1.29 is 14.3 Å². The Morgan fingerprint density at radius 3 is 2.42 bits per heavy atom. The number of fused-ring (bicyclic) bond motifs is 1. The highest BCUT2D eigenvalue weighted by molar-refractivity contribution is 6.76. The number of rotatable bonds is 6. The Kier molecular flexibility index (Phi) is 5.10. The van der Waals surface area contributed by atoms with Crippen LogP contribution >= 0.6 is 11.6 Å². The zero-order valence-electron chi connectivity index (χ0n) is 15.5. The third-order valence-electron chi connectivity index (χ3n) is 4.52. The summed E-state index contributed by atoms with van der Waals surface area (Å²) in [4.78, 5) is 25.6. The van der Waals surface area contributed by atoms with Gasteiger partial charge in [0.15, 0.2) is 0 Å². The topological polar surface area (TPSA) is 51.5 Å². The van der Waals surface area contributed by atoms with Crippen LogP contribution < -0.4 is 0 Å². The van der Waals surface area contributed by atoms with Gasteiger partial charge < -0.3 is 9.30 Å². The lowest BCUT2D eigenvalue weighted by atomic mass is 10.1. The Bertz CT molecular complexity index is 911. The van der Waals surface area contributed by atoms with Crippen LogP contribution in [-0.4, -0.2) is 43.0 Å². The van der Waals surface area contributed by atoms with Crippen LogP contribution in [0.3, 0.4) is 0 Å². The molecule has 2 aromatic rings. The minimum Gasteiger partial charge on any atom is -0.361 e. The van der Waals surface area contributed by atoms with E-state index in [0.29, 0.717) is 18.9 Å². The van der Waals surface area contributed by atoms with Gasteiger partial charge in [0, 0.05) is 38.9 Å². The van der Waals surface area contributed by atoms with E-state index in [-0.39, 0.29) is 16.5 Å². The van der Waals surface area contributed by atoms with Crippen molar-refractivity contribution in [2.75, 3.05) is 13.7 Å². The number of amides is 2. The SMILES string of the molecule is CN1C(=O)C(Cl)=C(c2cn(COCC[Si](C)(C)C)c3ccccc23)C1=O. The van der Waals surface area contributed by atoms with Gasteiger partial charge in [-0.2, -0.15) is 0 Å². The Hall–Kier alpha value is -1.89. The number of likely N-dealkylation sites (N-methyl/N-ethyl adjacent to an activating group) is 1. The molecule has 0 atom stereocenters. The molecule has 1 aliphatic rings. The largest absolute Gasteiger partial charge is 0.361 e. The van der Waals surface area contributed by atoms with E-state index in [1.54, 1.807) is 0 Å². The molecule has 7 heteroatoms. The first kappa shape index (κ1) is 18.9. The van der Waals surface area contributed by atoms with Crippen molar-refractivity contribution in [1.29, 1.82) is 0 Å². The molecule has 1 aromatic heterocycles. The Morgan fingerprint density at radius 1 is 1.12 bits per heavy atom. The van der Waals surface area contributed by atoms with Crippen molar-refractivity contribution in [3.8, 4) is 0 Å². The first-order chi connectivity index (χ1) is 12.2. The lowest BCUT2D eigenvalue weighted by Crippen LogP contribution is -2.26. The molecule has 0 N–H and O–H groups in total. The maximum atomic E-state index is 12.5. The zero-order chi connectivity index (χ0) is 19.1. The van der Waals surface area contributed by atoms with Crippen molar-refractivity contribution in [1.82, 2.24) is 9.47 Å². The van der Waals surface area contributed by atoms with Gasteiger partial charge in [0.25, 0.3) is 11.8 Å². The summed E-state index contributed by atoms with van der Waals surface area (Å²) in [6.07, 6.45) is 1.85. The molecular weight excluding hydrogens is 368 g/mol. The molecule has 0 unspecified atom stereocenters. The standard InChI is InChI=1S/C19H23ClN2O3Si/c1-21-18(23)16(17(20)19(21)24)14-11-22(12-25-9-10-26(2,3)4)15-8-6-5-7-13(14)15/h5-8,11H,9-10,12H2,1-4H3. The summed E-state index contributed by atoms with van der Waals surface area (Å²) < 4.78 is 7.82. The Labute approximate surface area is 159 Å². The van der Waals surface area contributed by atoms with Gasteiger partial charge in [0.05, 0.1) is 11.1 Å². The molecule has 0 saturated carbocycles. The number of halogens is 1. The van der Waals surface area contributed by atoms with Crippen LogP contribution in [0.1, 0.15) is 5.56 Å². The highest BCUT2D eigenvalue weighted by Crippen LogP contribution is 2.35. The number of imide groups is 1. The second-order valence-electron chi connectivity index (χ2n) is 7.74. The molecule has 26 heavy (non-hydrogen) atoms. The number of carbonyl (C=O) groups is 2. The number of ether oxygens (including phenoxy) is 1. The highest BCUT2D eigenvalue weighted by Gasteiger charge is 2.36. The predicted octanol–water partition coefficient (Wildman–Crippen LogP) is 3.90. The van der Waals surface area contributed by atoms with Gasteiger partial charge in [-0.1, -0.05) is 49.4 Å². The summed E-state index contributed by atoms with van der Waals surface area (Å²) in [5.74, 6) is -0.836. The van der Waals surface area contributed by atoms with Crippen LogP contribution in [0.5, 0.6) is 0 Å². The van der Waals surface area contributed by atoms with Gasteiger partial charge in [-0.05, 0) is 12.1 Å². The fourth-order valence-electron chi connectivity index (χ4n) is 2.94. The fraction of sp³-hybridized carbons (Fsp3) is 0.368. The number of hydrogen-bond acceptors (Lipinski definition) is 3. The smallest absolute Gasteiger partial charge is 0.272 e. The third kappa shape index (κ3) is 3.49. The molecule has 0 saturated heterocycles. The van der Waals surface area contributed by atoms with Crippen LogP contribution in [-0.2, 0) is 21.1 Å². The summed E-state index contributed by atoms with van der Waals surface area (Å²) in [7, 11) is 0.298. The first-order valence-electron chi connectivity index (χ1n) is 8.59. The van der Waals surface area contributed by atoms with E-state index in [4.69, 9.17) is 16.3 Å². The second kappa shape index (κ2) is 7.02. The van der Waals surface area contributed by atoms with E-state index in [2.05, 4.69) is 19.6 Å². The minimum absolute atomic E-state index is 0.0277. The van der Waals surface area contributed by atoms with Crippen LogP contribution in [0.15, 0.2) is 35.5 Å². The molecule has 3 rings (SSSR count). The maximum absolute atomic E-state index is 12.5. The summed E-state index contributed by atoms with van der Waals surface area (Å²) in [5.41, 5.74) is 1.88. The van der Waals surface area contributed by atoms with E-state index in [1.807, 2.05) is 35.0 Å². The number of para-hydroxylation sites is 1. The molecular formula is C19H23ClN2O3Si. The van der Waals surface area contributed by atoms with Gasteiger partial charge in [0.1, 0.15) is 11.8 Å². The Morgan fingerprint density at radius 2 is 1.81 bits per heavy atom. The van der Waals surface area contributed by atoms with Crippen LogP contribution in [0.4, 0.5) is 0 Å². The molecule has 5 nitrogen and oxygen atoms in total. The predicted molar refractivity (Wildman–Crippen MR) is 107 cm³/mol. The molecule has 1 aromatic carbocycles. The summed E-state index contributed by atoms with van der Waals surface area (Å²) in [6.45, 7) is 8.04. The van der Waals surface area contributed by atoms with Crippen molar-refractivity contribution >= 4 is 48.0 Å². The van der Waals surface area contributed by atoms with Crippen LogP contribution in [0, 0.1) is 0 Å². The third-order valence-corrected chi connectivity index (χ3v) is 6.57. The molecule has 0 spiro atoms. The molecule has 0 fully saturated rings. The Balaban J connectivity index is 1.94. The second-order valence-corrected chi connectivity index (χ2v) is 13.7. The normalized spacial score (nSPS) is 15.7. The fourth-order valence-corrected chi connectivity index (χ4v) is 4.00. The van der Waals surface area contributed by atoms with E-state index in [0.717, 1.165) is 21.8 Å². The van der Waals surface area contributed by atoms with Gasteiger partial charge in [-0.3, -0.25) is 14.5 Å². The number of hydrogen-bond donors (Lipinski definition) is 0. The first-order valence-corrected chi connectivity index (χ1v) is 12.7. The van der Waals surface area contributed by atoms with Crippen molar-refractivity contribution in [2.45, 2.75) is 32.4 Å². The molecule has 0 radical (unpaired) electrons. The van der Waals surface area contributed by atoms with E-state index >= 15 is 0 Å². The number of aromatic nitrogens is 1. The van der Waals surface area contributed by atoms with E-state index < -0.39 is 14.0 Å². The van der Waals surface area contributed by atoms with Gasteiger partial charge in [-0.15, -0.1) is 0 Å². The highest BCUT2D eigenvalue weighted by atomic mass is 35.5. The van der Waals surface area contributed by atoms with E-state index in [1.165, 1.54) is 7.05 Å². The van der Waals surface area contributed by atoms with Crippen LogP contribution in [0.2, 0.25) is 25.7 Å². The average molecular weight is 391 g/mol. The molecule has 138 valence electrons. The molecule has 2 heterocycles. The molecule has 2 amide bonds. The summed E-state index contributed by atoms with van der Waals surface area (Å²) >= 11 is 6.17. The molecule has 0 aliphatic carbocycles. The monoisotopic (exact) mass is 390 g/mol. The van der Waals surface area contributed by atoms with E-state index in [9.17, 15) is 9.59 Å². The minimum atomic E-state index is -1.15. The lowest BCUT2D eigenvalue weighted by Gasteiger charge is -2.15. The summed E-state index contributed by atoms with van der Waals surface area (Å²) in [5, 5.41) is 0.853. The summed E-state index contributed by atoms with van der Waals surface area (Å²) in [6, 6.07) is 8.83. The number of nitrogens with zero attached hydrogens (tertiary/aromatic N) is 2. The average Bonchev–Trinajstić information content (AvgIpc) is 3.03. The van der Waals surface area contributed by atoms with Crippen molar-refractivity contribution in [3.05, 3.63) is 41.1 Å². The van der Waals surface area contributed by atoms with Crippen molar-refractivity contribution in [3.63, 3.8) is 0 Å². The molecule has 0 bridgehead atoms. The molecule has 1 aliphatic heterocycles. The zero-order valence-corrected chi connectivity index (χ0v) is 17.3. The number of benzene rings is 1.